The zero-order valence-electron chi connectivity index (χ0n) is 11.9. The molecule has 0 unspecified atom stereocenters. The average Bonchev–Trinajstić information content (AvgIpc) is 2.79. The van der Waals surface area contributed by atoms with Crippen molar-refractivity contribution in [1.82, 2.24) is 10.2 Å². The van der Waals surface area contributed by atoms with Crippen molar-refractivity contribution in [2.75, 3.05) is 13.1 Å². The summed E-state index contributed by atoms with van der Waals surface area (Å²) in [7, 11) is 0. The van der Waals surface area contributed by atoms with Crippen LogP contribution < -0.4 is 5.32 Å². The van der Waals surface area contributed by atoms with Crippen LogP contribution in [0, 0.1) is 0 Å². The molecule has 3 amide bonds. The van der Waals surface area contributed by atoms with Gasteiger partial charge < -0.3 is 5.32 Å². The first-order valence-corrected chi connectivity index (χ1v) is 7.77. The number of hydrogen-bond donors (Lipinski definition) is 1. The molecule has 1 aliphatic rings. The van der Waals surface area contributed by atoms with Gasteiger partial charge in [0.25, 0.3) is 0 Å². The van der Waals surface area contributed by atoms with Crippen LogP contribution in [0.4, 0.5) is 0 Å². The van der Waals surface area contributed by atoms with Crippen LogP contribution >= 0.6 is 23.2 Å². The highest BCUT2D eigenvalue weighted by molar-refractivity contribution is 6.36. The molecule has 0 atom stereocenters. The average molecular weight is 343 g/mol. The first-order valence-electron chi connectivity index (χ1n) is 7.02. The summed E-state index contributed by atoms with van der Waals surface area (Å²) in [5.41, 5.74) is 0.591. The third kappa shape index (κ3) is 4.21. The second-order valence-corrected chi connectivity index (χ2v) is 5.83. The minimum Gasteiger partial charge on any atom is -0.356 e. The van der Waals surface area contributed by atoms with Gasteiger partial charge in [-0.1, -0.05) is 29.3 Å². The number of carbonyl (C=O) groups is 3. The van der Waals surface area contributed by atoms with Gasteiger partial charge in [-0.15, -0.1) is 0 Å². The van der Waals surface area contributed by atoms with Crippen LogP contribution in [-0.2, 0) is 20.8 Å². The molecule has 118 valence electrons. The molecule has 0 aliphatic carbocycles. The molecular weight excluding hydrogens is 327 g/mol. The number of rotatable bonds is 6. The molecule has 0 aromatic heterocycles. The van der Waals surface area contributed by atoms with Crippen molar-refractivity contribution < 1.29 is 14.4 Å². The zero-order chi connectivity index (χ0) is 16.1. The fourth-order valence-electron chi connectivity index (χ4n) is 2.26. The minimum absolute atomic E-state index is 0.0973. The van der Waals surface area contributed by atoms with Gasteiger partial charge in [-0.3, -0.25) is 19.3 Å². The molecular formula is C15H16Cl2N2O3. The van der Waals surface area contributed by atoms with Gasteiger partial charge in [0.2, 0.25) is 17.7 Å². The van der Waals surface area contributed by atoms with Gasteiger partial charge >= 0.3 is 0 Å². The minimum atomic E-state index is -0.200. The molecule has 0 spiro atoms. The lowest BCUT2D eigenvalue weighted by molar-refractivity contribution is -0.138. The summed E-state index contributed by atoms with van der Waals surface area (Å²) >= 11 is 12.0. The Morgan fingerprint density at radius 3 is 2.32 bits per heavy atom. The molecule has 1 fully saturated rings. The molecule has 2 rings (SSSR count). The number of likely N-dealkylation sites (tertiary alicyclic amines) is 1. The molecule has 0 bridgehead atoms. The summed E-state index contributed by atoms with van der Waals surface area (Å²) in [4.78, 5) is 35.9. The molecule has 0 saturated carbocycles. The van der Waals surface area contributed by atoms with Gasteiger partial charge in [-0.25, -0.2) is 0 Å². The third-order valence-electron chi connectivity index (χ3n) is 3.43. The van der Waals surface area contributed by atoms with Gasteiger partial charge in [0, 0.05) is 36.0 Å². The maximum absolute atomic E-state index is 11.9. The number of hydrogen-bond acceptors (Lipinski definition) is 3. The molecule has 1 aromatic rings. The van der Waals surface area contributed by atoms with E-state index >= 15 is 0 Å². The van der Waals surface area contributed by atoms with Crippen molar-refractivity contribution >= 4 is 40.9 Å². The first-order chi connectivity index (χ1) is 10.5. The fourth-order valence-corrected chi connectivity index (χ4v) is 2.79. The van der Waals surface area contributed by atoms with E-state index in [2.05, 4.69) is 5.32 Å². The fraction of sp³-hybridized carbons (Fsp3) is 0.400. The van der Waals surface area contributed by atoms with E-state index in [0.29, 0.717) is 35.1 Å². The molecule has 7 heteroatoms. The molecule has 1 saturated heterocycles. The summed E-state index contributed by atoms with van der Waals surface area (Å²) in [6.45, 7) is 0.725. The molecule has 5 nitrogen and oxygen atoms in total. The van der Waals surface area contributed by atoms with Crippen LogP contribution in [0.2, 0.25) is 10.0 Å². The number of halogens is 2. The molecule has 1 heterocycles. The Balaban J connectivity index is 1.74. The summed E-state index contributed by atoms with van der Waals surface area (Å²) in [5, 5.41) is 3.64. The van der Waals surface area contributed by atoms with Gasteiger partial charge in [0.05, 0.1) is 6.42 Å². The predicted octanol–water partition coefficient (Wildman–Crippen LogP) is 2.19. The summed E-state index contributed by atoms with van der Waals surface area (Å²) in [6, 6.07) is 5.08. The Kier molecular flexibility index (Phi) is 5.80. The lowest BCUT2D eigenvalue weighted by Gasteiger charge is -2.13. The van der Waals surface area contributed by atoms with Crippen LogP contribution in [0.1, 0.15) is 24.8 Å². The van der Waals surface area contributed by atoms with Crippen LogP contribution in [0.25, 0.3) is 0 Å². The number of nitrogens with one attached hydrogen (secondary N) is 1. The second kappa shape index (κ2) is 7.61. The SMILES string of the molecule is O=C(Cc1c(Cl)cccc1Cl)NCCCN1C(=O)CCC1=O. The Morgan fingerprint density at radius 1 is 1.14 bits per heavy atom. The highest BCUT2D eigenvalue weighted by atomic mass is 35.5. The van der Waals surface area contributed by atoms with Crippen LogP contribution in [0.5, 0.6) is 0 Å². The van der Waals surface area contributed by atoms with Crippen LogP contribution in [0.15, 0.2) is 18.2 Å². The van der Waals surface area contributed by atoms with E-state index in [0.717, 1.165) is 0 Å². The van der Waals surface area contributed by atoms with Gasteiger partial charge in [-0.05, 0) is 24.1 Å². The number of amides is 3. The molecule has 22 heavy (non-hydrogen) atoms. The predicted molar refractivity (Wildman–Crippen MR) is 83.7 cm³/mol. The second-order valence-electron chi connectivity index (χ2n) is 5.02. The van der Waals surface area contributed by atoms with E-state index in [1.807, 2.05) is 0 Å². The Morgan fingerprint density at radius 2 is 1.73 bits per heavy atom. The van der Waals surface area contributed by atoms with Crippen molar-refractivity contribution in [1.29, 1.82) is 0 Å². The Hall–Kier alpha value is -1.59. The Bertz CT molecular complexity index is 568. The van der Waals surface area contributed by atoms with Crippen molar-refractivity contribution in [2.45, 2.75) is 25.7 Å². The maximum Gasteiger partial charge on any atom is 0.229 e. The molecule has 1 aliphatic heterocycles. The van der Waals surface area contributed by atoms with Gasteiger partial charge in [-0.2, -0.15) is 0 Å². The van der Waals surface area contributed by atoms with Gasteiger partial charge in [0.1, 0.15) is 0 Å². The molecule has 1 N–H and O–H groups in total. The number of imide groups is 1. The standard InChI is InChI=1S/C15H16Cl2N2O3/c16-11-3-1-4-12(17)10(11)9-13(20)18-7-2-8-19-14(21)5-6-15(19)22/h1,3-4H,2,5-9H2,(H,18,20). The molecule has 1 aromatic carbocycles. The maximum atomic E-state index is 11.9. The van der Waals surface area contributed by atoms with Crippen LogP contribution in [-0.4, -0.2) is 35.7 Å². The quantitative estimate of drug-likeness (QED) is 0.636. The van der Waals surface area contributed by atoms with Crippen molar-refractivity contribution in [2.24, 2.45) is 0 Å². The zero-order valence-corrected chi connectivity index (χ0v) is 13.4. The van der Waals surface area contributed by atoms with E-state index in [4.69, 9.17) is 23.2 Å². The normalized spacial score (nSPS) is 14.5. The van der Waals surface area contributed by atoms with E-state index in [9.17, 15) is 14.4 Å². The highest BCUT2D eigenvalue weighted by Gasteiger charge is 2.27. The number of carbonyl (C=O) groups excluding carboxylic acids is 3. The van der Waals surface area contributed by atoms with Crippen molar-refractivity contribution in [3.05, 3.63) is 33.8 Å². The van der Waals surface area contributed by atoms with E-state index in [-0.39, 0.29) is 37.0 Å². The van der Waals surface area contributed by atoms with Gasteiger partial charge in [0.15, 0.2) is 0 Å². The van der Waals surface area contributed by atoms with E-state index < -0.39 is 0 Å². The van der Waals surface area contributed by atoms with E-state index in [1.165, 1.54) is 4.90 Å². The van der Waals surface area contributed by atoms with Crippen LogP contribution in [0.3, 0.4) is 0 Å². The third-order valence-corrected chi connectivity index (χ3v) is 4.14. The highest BCUT2D eigenvalue weighted by Crippen LogP contribution is 2.24. The lowest BCUT2D eigenvalue weighted by atomic mass is 10.1. The molecule has 0 radical (unpaired) electrons. The summed E-state index contributed by atoms with van der Waals surface area (Å²) < 4.78 is 0. The summed E-state index contributed by atoms with van der Waals surface area (Å²) in [6.07, 6.45) is 1.20. The van der Waals surface area contributed by atoms with E-state index in [1.54, 1.807) is 18.2 Å². The number of benzene rings is 1. The van der Waals surface area contributed by atoms with Crippen molar-refractivity contribution in [3.63, 3.8) is 0 Å². The monoisotopic (exact) mass is 342 g/mol. The van der Waals surface area contributed by atoms with Crippen molar-refractivity contribution in [3.8, 4) is 0 Å². The smallest absolute Gasteiger partial charge is 0.229 e. The Labute approximate surface area is 138 Å². The summed E-state index contributed by atoms with van der Waals surface area (Å²) in [5.74, 6) is -0.479. The first kappa shape index (κ1) is 16.8. The topological polar surface area (TPSA) is 66.5 Å². The largest absolute Gasteiger partial charge is 0.356 e. The lowest BCUT2D eigenvalue weighted by Crippen LogP contribution is -2.33. The number of nitrogens with zero attached hydrogens (tertiary/aromatic N) is 1.